The molecule has 1 aromatic rings. The molecule has 1 N–H and O–H groups in total. The first-order valence-corrected chi connectivity index (χ1v) is 5.83. The zero-order valence-electron chi connectivity index (χ0n) is 8.83. The maximum atomic E-state index is 11.1. The molecule has 16 heavy (non-hydrogen) atoms. The van der Waals surface area contributed by atoms with E-state index in [2.05, 4.69) is 4.99 Å². The number of para-hydroxylation sites is 1. The van der Waals surface area contributed by atoms with Gasteiger partial charge in [-0.2, -0.15) is 8.42 Å². The fourth-order valence-corrected chi connectivity index (χ4v) is 1.35. The molecule has 0 spiro atoms. The zero-order valence-corrected chi connectivity index (χ0v) is 11.6. The fourth-order valence-electron chi connectivity index (χ4n) is 0.919. The molecule has 0 aliphatic carbocycles. The minimum absolute atomic E-state index is 0. The number of rotatable bonds is 4. The fraction of sp³-hybridized carbons (Fsp3) is 0.222. The summed E-state index contributed by atoms with van der Waals surface area (Å²) < 4.78 is 29.1. The van der Waals surface area contributed by atoms with E-state index in [4.69, 9.17) is 4.55 Å². The minimum atomic E-state index is -4.09. The minimum Gasteiger partial charge on any atom is -0.862 e. The van der Waals surface area contributed by atoms with Crippen molar-refractivity contribution in [1.29, 1.82) is 0 Å². The summed E-state index contributed by atoms with van der Waals surface area (Å²) in [5.74, 6) is -1.17. The maximum absolute atomic E-state index is 11.1. The smallest absolute Gasteiger partial charge is 0.862 e. The standard InChI is InChI=1S/C9H11NO4S.Na/c11-9(6-7-15(12,13)14)10-8-4-2-1-3-5-8;/h1-5H,6-7H2,(H,10,11)(H,12,13,14);/q;+1/p-1. The molecule has 0 aliphatic rings. The van der Waals surface area contributed by atoms with Crippen LogP contribution in [-0.4, -0.2) is 24.6 Å². The molecule has 1 rings (SSSR count). The van der Waals surface area contributed by atoms with Gasteiger partial charge in [-0.3, -0.25) is 9.55 Å². The molecule has 0 aliphatic heterocycles. The predicted octanol–water partition coefficient (Wildman–Crippen LogP) is -2.64. The Morgan fingerprint density at radius 1 is 1.31 bits per heavy atom. The van der Waals surface area contributed by atoms with Crippen LogP contribution >= 0.6 is 0 Å². The molecule has 0 atom stereocenters. The van der Waals surface area contributed by atoms with Crippen LogP contribution in [0.15, 0.2) is 35.3 Å². The molecule has 0 saturated carbocycles. The Morgan fingerprint density at radius 2 is 1.88 bits per heavy atom. The number of hydrogen-bond donors (Lipinski definition) is 1. The van der Waals surface area contributed by atoms with Gasteiger partial charge in [-0.1, -0.05) is 18.2 Å². The summed E-state index contributed by atoms with van der Waals surface area (Å²) in [7, 11) is -4.09. The molecule has 0 radical (unpaired) electrons. The second-order valence-corrected chi connectivity index (χ2v) is 4.45. The van der Waals surface area contributed by atoms with Gasteiger partial charge in [-0.15, -0.1) is 0 Å². The Hall–Kier alpha value is -0.400. The topological polar surface area (TPSA) is 89.8 Å². The molecule has 0 aromatic heterocycles. The van der Waals surface area contributed by atoms with Crippen molar-refractivity contribution in [3.63, 3.8) is 0 Å². The van der Waals surface area contributed by atoms with Gasteiger partial charge in [0.2, 0.25) is 0 Å². The van der Waals surface area contributed by atoms with Gasteiger partial charge in [0.15, 0.2) is 0 Å². The molecule has 0 fully saturated rings. The Balaban J connectivity index is 0.00000225. The molecule has 0 amide bonds. The van der Waals surface area contributed by atoms with E-state index in [0.29, 0.717) is 5.69 Å². The molecule has 7 heteroatoms. The van der Waals surface area contributed by atoms with E-state index in [1.807, 2.05) is 0 Å². The quantitative estimate of drug-likeness (QED) is 0.274. The van der Waals surface area contributed by atoms with E-state index in [0.717, 1.165) is 0 Å². The van der Waals surface area contributed by atoms with Crippen LogP contribution in [-0.2, 0) is 10.1 Å². The van der Waals surface area contributed by atoms with Gasteiger partial charge >= 0.3 is 29.6 Å². The normalized spacial score (nSPS) is 11.9. The Labute approximate surface area is 116 Å². The summed E-state index contributed by atoms with van der Waals surface area (Å²) in [5, 5.41) is 11.1. The predicted molar refractivity (Wildman–Crippen MR) is 54.6 cm³/mol. The van der Waals surface area contributed by atoms with E-state index < -0.39 is 21.8 Å². The van der Waals surface area contributed by atoms with Crippen molar-refractivity contribution in [2.45, 2.75) is 6.42 Å². The van der Waals surface area contributed by atoms with Gasteiger partial charge in [-0.25, -0.2) is 0 Å². The third-order valence-corrected chi connectivity index (χ3v) is 2.30. The monoisotopic (exact) mass is 251 g/mol. The van der Waals surface area contributed by atoms with Crippen molar-refractivity contribution in [1.82, 2.24) is 0 Å². The average Bonchev–Trinajstić information content (AvgIpc) is 2.15. The Bertz CT molecular complexity index is 444. The largest absolute Gasteiger partial charge is 1.00 e. The molecular formula is C9H10NNaO4S. The van der Waals surface area contributed by atoms with Crippen molar-refractivity contribution in [2.75, 3.05) is 5.75 Å². The third kappa shape index (κ3) is 6.97. The molecule has 0 heterocycles. The second-order valence-electron chi connectivity index (χ2n) is 2.88. The van der Waals surface area contributed by atoms with Crippen LogP contribution in [0.1, 0.15) is 6.42 Å². The van der Waals surface area contributed by atoms with Crippen molar-refractivity contribution in [3.05, 3.63) is 30.3 Å². The maximum Gasteiger partial charge on any atom is 1.00 e. The van der Waals surface area contributed by atoms with Crippen LogP contribution in [0, 0.1) is 0 Å². The summed E-state index contributed by atoms with van der Waals surface area (Å²) in [5.41, 5.74) is 0.470. The van der Waals surface area contributed by atoms with E-state index in [1.165, 1.54) is 0 Å². The Kier molecular flexibility index (Phi) is 6.85. The molecule has 0 unspecified atom stereocenters. The van der Waals surface area contributed by atoms with E-state index in [-0.39, 0.29) is 36.0 Å². The SMILES string of the molecule is O=S(=O)(O)CCC([O-])=Nc1ccccc1.[Na+]. The van der Waals surface area contributed by atoms with Crippen LogP contribution < -0.4 is 34.7 Å². The van der Waals surface area contributed by atoms with E-state index >= 15 is 0 Å². The van der Waals surface area contributed by atoms with Crippen LogP contribution in [0.2, 0.25) is 0 Å². The first-order chi connectivity index (χ1) is 6.97. The first-order valence-electron chi connectivity index (χ1n) is 4.22. The van der Waals surface area contributed by atoms with E-state index in [9.17, 15) is 13.5 Å². The molecule has 5 nitrogen and oxygen atoms in total. The van der Waals surface area contributed by atoms with Crippen LogP contribution in [0.3, 0.4) is 0 Å². The van der Waals surface area contributed by atoms with Gasteiger partial charge in [0.25, 0.3) is 10.1 Å². The van der Waals surface area contributed by atoms with E-state index in [1.54, 1.807) is 30.3 Å². The van der Waals surface area contributed by atoms with Crippen molar-refractivity contribution < 1.29 is 47.6 Å². The molecule has 1 aromatic carbocycles. The summed E-state index contributed by atoms with van der Waals surface area (Å²) in [6.07, 6.45) is -0.312. The van der Waals surface area contributed by atoms with Gasteiger partial charge in [0, 0.05) is 0 Å². The summed E-state index contributed by atoms with van der Waals surface area (Å²) in [6, 6.07) is 8.47. The second kappa shape index (κ2) is 7.03. The number of benzene rings is 1. The zero-order chi connectivity index (χ0) is 11.3. The third-order valence-electron chi connectivity index (χ3n) is 1.58. The van der Waals surface area contributed by atoms with Crippen molar-refractivity contribution in [2.24, 2.45) is 4.99 Å². The molecular weight excluding hydrogens is 241 g/mol. The van der Waals surface area contributed by atoms with Gasteiger partial charge in [0.05, 0.1) is 11.4 Å². The van der Waals surface area contributed by atoms with Gasteiger partial charge in [0.1, 0.15) is 0 Å². The summed E-state index contributed by atoms with van der Waals surface area (Å²) >= 11 is 0. The van der Waals surface area contributed by atoms with Crippen molar-refractivity contribution >= 4 is 21.7 Å². The van der Waals surface area contributed by atoms with Crippen LogP contribution in [0.5, 0.6) is 0 Å². The molecule has 0 bridgehead atoms. The number of aliphatic imine (C=N–C) groups is 1. The molecule has 0 saturated heterocycles. The number of nitrogens with zero attached hydrogens (tertiary/aromatic N) is 1. The summed E-state index contributed by atoms with van der Waals surface area (Å²) in [6.45, 7) is 0. The van der Waals surface area contributed by atoms with Gasteiger partial charge < -0.3 is 5.11 Å². The average molecular weight is 251 g/mol. The molecule has 82 valence electrons. The summed E-state index contributed by atoms with van der Waals surface area (Å²) in [4.78, 5) is 3.65. The Morgan fingerprint density at radius 3 is 2.38 bits per heavy atom. The number of hydrogen-bond acceptors (Lipinski definition) is 4. The van der Waals surface area contributed by atoms with Crippen LogP contribution in [0.25, 0.3) is 0 Å². The van der Waals surface area contributed by atoms with Gasteiger partial charge in [-0.05, 0) is 24.5 Å². The first kappa shape index (κ1) is 15.6. The van der Waals surface area contributed by atoms with Crippen LogP contribution in [0.4, 0.5) is 5.69 Å². The van der Waals surface area contributed by atoms with Crippen molar-refractivity contribution in [3.8, 4) is 0 Å².